The molecular formula is C45H36. The van der Waals surface area contributed by atoms with E-state index in [1.54, 1.807) is 0 Å². The van der Waals surface area contributed by atoms with E-state index in [1.807, 2.05) is 6.08 Å². The van der Waals surface area contributed by atoms with Crippen LogP contribution in [-0.2, 0) is 0 Å². The molecule has 0 aromatic heterocycles. The molecule has 0 N–H and O–H groups in total. The molecule has 7 aromatic carbocycles. The van der Waals surface area contributed by atoms with Gasteiger partial charge in [0.1, 0.15) is 0 Å². The Bertz CT molecular complexity index is 2190. The van der Waals surface area contributed by atoms with Crippen molar-refractivity contribution in [2.45, 2.75) is 20.3 Å². The summed E-state index contributed by atoms with van der Waals surface area (Å²) in [6, 6.07) is 50.9. The van der Waals surface area contributed by atoms with Crippen LogP contribution in [-0.4, -0.2) is 0 Å². The van der Waals surface area contributed by atoms with Gasteiger partial charge in [0.05, 0.1) is 0 Å². The summed E-state index contributed by atoms with van der Waals surface area (Å²) >= 11 is 0. The molecule has 0 aliphatic heterocycles. The fourth-order valence-corrected chi connectivity index (χ4v) is 6.58. The Labute approximate surface area is 266 Å². The fourth-order valence-electron chi connectivity index (χ4n) is 6.58. The molecule has 0 fully saturated rings. The number of benzene rings is 7. The zero-order valence-electron chi connectivity index (χ0n) is 25.9. The van der Waals surface area contributed by atoms with Crippen LogP contribution in [0.5, 0.6) is 0 Å². The molecule has 0 aliphatic rings. The second kappa shape index (κ2) is 12.3. The van der Waals surface area contributed by atoms with Crippen molar-refractivity contribution in [3.8, 4) is 33.4 Å². The van der Waals surface area contributed by atoms with Crippen molar-refractivity contribution in [3.05, 3.63) is 175 Å². The molecule has 0 amide bonds. The highest BCUT2D eigenvalue weighted by atomic mass is 14.2. The maximum atomic E-state index is 4.09. The molecule has 0 spiro atoms. The molecule has 0 heterocycles. The van der Waals surface area contributed by atoms with E-state index in [4.69, 9.17) is 0 Å². The highest BCUT2D eigenvalue weighted by Gasteiger charge is 2.18. The first-order valence-corrected chi connectivity index (χ1v) is 15.8. The van der Waals surface area contributed by atoms with Crippen molar-refractivity contribution in [3.63, 3.8) is 0 Å². The summed E-state index contributed by atoms with van der Waals surface area (Å²) in [7, 11) is 0. The van der Waals surface area contributed by atoms with Gasteiger partial charge < -0.3 is 0 Å². The molecule has 45 heavy (non-hydrogen) atoms. The van der Waals surface area contributed by atoms with E-state index < -0.39 is 0 Å². The molecule has 0 saturated heterocycles. The first-order valence-electron chi connectivity index (χ1n) is 15.8. The Morgan fingerprint density at radius 2 is 0.978 bits per heavy atom. The van der Waals surface area contributed by atoms with Crippen molar-refractivity contribution in [2.75, 3.05) is 0 Å². The van der Waals surface area contributed by atoms with Gasteiger partial charge in [0.15, 0.2) is 0 Å². The Balaban J connectivity index is 1.46. The number of allylic oxidation sites excluding steroid dienone is 5. The van der Waals surface area contributed by atoms with Crippen LogP contribution in [0, 0.1) is 0 Å². The Kier molecular flexibility index (Phi) is 7.72. The monoisotopic (exact) mass is 576 g/mol. The number of hydrogen-bond acceptors (Lipinski definition) is 0. The standard InChI is InChI=1S/C45H36/c1-4-31(3)23-24-32(5-2)33-25-27-35(28-26-33)44-39-19-11-13-21-41(39)45(42-22-14-12-20-40(42)44)43-30-29-36(34-15-7-6-8-16-34)37-17-9-10-18-38(37)43/h5-30H,2,4H2,1,3H3/b31-23+,32-24+. The molecule has 7 rings (SSSR count). The van der Waals surface area contributed by atoms with Gasteiger partial charge in [0, 0.05) is 0 Å². The van der Waals surface area contributed by atoms with E-state index in [0.717, 1.165) is 12.0 Å². The summed E-state index contributed by atoms with van der Waals surface area (Å²) in [5.41, 5.74) is 11.2. The molecule has 0 bridgehead atoms. The molecule has 0 saturated carbocycles. The summed E-state index contributed by atoms with van der Waals surface area (Å²) in [4.78, 5) is 0. The molecular weight excluding hydrogens is 540 g/mol. The van der Waals surface area contributed by atoms with Crippen LogP contribution in [0.1, 0.15) is 25.8 Å². The Hall–Kier alpha value is -5.46. The average molecular weight is 577 g/mol. The molecule has 0 nitrogen and oxygen atoms in total. The molecule has 0 radical (unpaired) electrons. The highest BCUT2D eigenvalue weighted by Crippen LogP contribution is 2.46. The highest BCUT2D eigenvalue weighted by molar-refractivity contribution is 6.24. The van der Waals surface area contributed by atoms with Crippen molar-refractivity contribution in [1.29, 1.82) is 0 Å². The number of rotatable bonds is 7. The minimum atomic E-state index is 1.04. The summed E-state index contributed by atoms with van der Waals surface area (Å²) in [5.74, 6) is 0. The van der Waals surface area contributed by atoms with Crippen molar-refractivity contribution < 1.29 is 0 Å². The normalized spacial score (nSPS) is 12.2. The summed E-state index contributed by atoms with van der Waals surface area (Å²) in [6.45, 7) is 8.44. The minimum Gasteiger partial charge on any atom is -0.0984 e. The van der Waals surface area contributed by atoms with E-state index in [1.165, 1.54) is 76.8 Å². The second-order valence-corrected chi connectivity index (χ2v) is 11.7. The summed E-state index contributed by atoms with van der Waals surface area (Å²) < 4.78 is 0. The predicted molar refractivity (Wildman–Crippen MR) is 197 cm³/mol. The molecule has 0 heteroatoms. The van der Waals surface area contributed by atoms with Gasteiger partial charge in [-0.25, -0.2) is 0 Å². The van der Waals surface area contributed by atoms with Crippen LogP contribution in [0.25, 0.3) is 71.3 Å². The number of hydrogen-bond donors (Lipinski definition) is 0. The van der Waals surface area contributed by atoms with Gasteiger partial charge in [0.25, 0.3) is 0 Å². The van der Waals surface area contributed by atoms with E-state index in [0.29, 0.717) is 0 Å². The third-order valence-corrected chi connectivity index (χ3v) is 9.04. The third-order valence-electron chi connectivity index (χ3n) is 9.04. The lowest BCUT2D eigenvalue weighted by Gasteiger charge is -2.20. The largest absolute Gasteiger partial charge is 0.0984 e. The maximum absolute atomic E-state index is 4.09. The smallest absolute Gasteiger partial charge is 0.00201 e. The van der Waals surface area contributed by atoms with Gasteiger partial charge in [-0.05, 0) is 90.2 Å². The molecule has 0 unspecified atom stereocenters. The summed E-state index contributed by atoms with van der Waals surface area (Å²) in [6.07, 6.45) is 7.36. The first-order chi connectivity index (χ1) is 22.2. The van der Waals surface area contributed by atoms with Crippen molar-refractivity contribution >= 4 is 37.9 Å². The Morgan fingerprint density at radius 1 is 0.489 bits per heavy atom. The lowest BCUT2D eigenvalue weighted by atomic mass is 9.83. The van der Waals surface area contributed by atoms with E-state index in [9.17, 15) is 0 Å². The lowest BCUT2D eigenvalue weighted by Crippen LogP contribution is -1.92. The lowest BCUT2D eigenvalue weighted by molar-refractivity contribution is 1.10. The van der Waals surface area contributed by atoms with E-state index in [2.05, 4.69) is 172 Å². The van der Waals surface area contributed by atoms with Gasteiger partial charge in [-0.2, -0.15) is 0 Å². The predicted octanol–water partition coefficient (Wildman–Crippen LogP) is 13.1. The zero-order valence-corrected chi connectivity index (χ0v) is 25.9. The van der Waals surface area contributed by atoms with E-state index >= 15 is 0 Å². The topological polar surface area (TPSA) is 0 Å². The van der Waals surface area contributed by atoms with Crippen LogP contribution < -0.4 is 0 Å². The van der Waals surface area contributed by atoms with Gasteiger partial charge in [-0.15, -0.1) is 0 Å². The van der Waals surface area contributed by atoms with Crippen molar-refractivity contribution in [1.82, 2.24) is 0 Å². The zero-order chi connectivity index (χ0) is 30.8. The van der Waals surface area contributed by atoms with E-state index in [-0.39, 0.29) is 0 Å². The molecule has 216 valence electrons. The van der Waals surface area contributed by atoms with Crippen LogP contribution in [0.4, 0.5) is 0 Å². The SMILES string of the molecule is C=C/C(=C\C=C(/C)CC)c1ccc(-c2c3ccccc3c(-c3ccc(-c4ccccc4)c4ccccc34)c3ccccc23)cc1. The third kappa shape index (κ3) is 5.19. The summed E-state index contributed by atoms with van der Waals surface area (Å²) in [5, 5.41) is 7.58. The average Bonchev–Trinajstić information content (AvgIpc) is 3.11. The quantitative estimate of drug-likeness (QED) is 0.131. The minimum absolute atomic E-state index is 1.04. The Morgan fingerprint density at radius 3 is 1.53 bits per heavy atom. The van der Waals surface area contributed by atoms with Crippen LogP contribution >= 0.6 is 0 Å². The van der Waals surface area contributed by atoms with Gasteiger partial charge in [-0.1, -0.05) is 177 Å². The fraction of sp³-hybridized carbons (Fsp3) is 0.0667. The van der Waals surface area contributed by atoms with Crippen LogP contribution in [0.3, 0.4) is 0 Å². The van der Waals surface area contributed by atoms with Gasteiger partial charge in [0.2, 0.25) is 0 Å². The molecule has 0 atom stereocenters. The second-order valence-electron chi connectivity index (χ2n) is 11.7. The van der Waals surface area contributed by atoms with Crippen LogP contribution in [0.2, 0.25) is 0 Å². The maximum Gasteiger partial charge on any atom is -0.00201 e. The first kappa shape index (κ1) is 28.3. The molecule has 7 aromatic rings. The van der Waals surface area contributed by atoms with Crippen LogP contribution in [0.15, 0.2) is 170 Å². The number of fused-ring (bicyclic) bond motifs is 3. The van der Waals surface area contributed by atoms with Crippen molar-refractivity contribution in [2.24, 2.45) is 0 Å². The molecule has 0 aliphatic carbocycles. The van der Waals surface area contributed by atoms with Gasteiger partial charge in [-0.3, -0.25) is 0 Å². The van der Waals surface area contributed by atoms with Gasteiger partial charge >= 0.3 is 0 Å².